The maximum Gasteiger partial charge on any atom is 0.326 e. The van der Waals surface area contributed by atoms with Crippen LogP contribution in [0.4, 0.5) is 5.69 Å². The molecule has 0 unspecified atom stereocenters. The highest BCUT2D eigenvalue weighted by molar-refractivity contribution is 5.99. The van der Waals surface area contributed by atoms with Gasteiger partial charge in [0.25, 0.3) is 0 Å². The fourth-order valence-electron chi connectivity index (χ4n) is 1.79. The maximum atomic E-state index is 12.0. The lowest BCUT2D eigenvalue weighted by molar-refractivity contribution is -0.153. The summed E-state index contributed by atoms with van der Waals surface area (Å²) in [6.07, 6.45) is 0. The molecule has 0 aromatic heterocycles. The topological polar surface area (TPSA) is 72.6 Å². The quantitative estimate of drug-likeness (QED) is 0.850. The number of amides is 1. The molecule has 1 aromatic rings. The average molecular weight is 278 g/mol. The number of carbonyl (C=O) groups excluding carboxylic acids is 2. The van der Waals surface area contributed by atoms with Crippen molar-refractivity contribution >= 4 is 17.6 Å². The van der Waals surface area contributed by atoms with Gasteiger partial charge >= 0.3 is 5.97 Å². The highest BCUT2D eigenvalue weighted by Gasteiger charge is 2.23. The van der Waals surface area contributed by atoms with Crippen molar-refractivity contribution in [2.75, 3.05) is 18.0 Å². The monoisotopic (exact) mass is 278 g/mol. The first-order chi connectivity index (χ1) is 9.24. The summed E-state index contributed by atoms with van der Waals surface area (Å²) < 4.78 is 5.25. The standard InChI is InChI=1S/C15H22N2O3/c1-11-7-5-6-8-12(11)17(13(18)9-16)10-14(19)20-15(2,3)4/h5-8H,9-10,16H2,1-4H3. The van der Waals surface area contributed by atoms with E-state index in [0.717, 1.165) is 5.56 Å². The van der Waals surface area contributed by atoms with Crippen molar-refractivity contribution in [2.45, 2.75) is 33.3 Å². The number of esters is 1. The van der Waals surface area contributed by atoms with Gasteiger partial charge in [0.15, 0.2) is 0 Å². The summed E-state index contributed by atoms with van der Waals surface area (Å²) >= 11 is 0. The van der Waals surface area contributed by atoms with E-state index < -0.39 is 11.6 Å². The van der Waals surface area contributed by atoms with Crippen LogP contribution in [-0.2, 0) is 14.3 Å². The number of hydrogen-bond donors (Lipinski definition) is 1. The highest BCUT2D eigenvalue weighted by Crippen LogP contribution is 2.20. The van der Waals surface area contributed by atoms with E-state index >= 15 is 0 Å². The van der Waals surface area contributed by atoms with Gasteiger partial charge in [-0.3, -0.25) is 14.5 Å². The summed E-state index contributed by atoms with van der Waals surface area (Å²) in [5.41, 5.74) is 6.41. The third-order valence-electron chi connectivity index (χ3n) is 2.59. The van der Waals surface area contributed by atoms with E-state index in [-0.39, 0.29) is 19.0 Å². The summed E-state index contributed by atoms with van der Waals surface area (Å²) in [4.78, 5) is 25.2. The summed E-state index contributed by atoms with van der Waals surface area (Å²) in [5.74, 6) is -0.771. The molecule has 1 aromatic carbocycles. The van der Waals surface area contributed by atoms with Gasteiger partial charge in [0.1, 0.15) is 12.1 Å². The van der Waals surface area contributed by atoms with E-state index in [4.69, 9.17) is 10.5 Å². The highest BCUT2D eigenvalue weighted by atomic mass is 16.6. The number of carbonyl (C=O) groups is 2. The number of para-hydroxylation sites is 1. The number of nitrogens with two attached hydrogens (primary N) is 1. The van der Waals surface area contributed by atoms with Crippen molar-refractivity contribution in [3.63, 3.8) is 0 Å². The molecule has 5 heteroatoms. The van der Waals surface area contributed by atoms with Gasteiger partial charge in [0.2, 0.25) is 5.91 Å². The number of hydrogen-bond acceptors (Lipinski definition) is 4. The second-order valence-electron chi connectivity index (χ2n) is 5.56. The Hall–Kier alpha value is -1.88. The van der Waals surface area contributed by atoms with Crippen LogP contribution < -0.4 is 10.6 Å². The van der Waals surface area contributed by atoms with Crippen molar-refractivity contribution in [3.8, 4) is 0 Å². The predicted octanol–water partition coefficient (Wildman–Crippen LogP) is 1.63. The number of rotatable bonds is 4. The van der Waals surface area contributed by atoms with Crippen molar-refractivity contribution in [3.05, 3.63) is 29.8 Å². The molecular weight excluding hydrogens is 256 g/mol. The number of nitrogens with zero attached hydrogens (tertiary/aromatic N) is 1. The molecule has 0 saturated carbocycles. The minimum atomic E-state index is -0.583. The zero-order valence-corrected chi connectivity index (χ0v) is 12.5. The first-order valence-corrected chi connectivity index (χ1v) is 6.52. The van der Waals surface area contributed by atoms with Crippen LogP contribution in [0, 0.1) is 6.92 Å². The molecule has 20 heavy (non-hydrogen) atoms. The molecule has 0 atom stereocenters. The van der Waals surface area contributed by atoms with Gasteiger partial charge in [-0.05, 0) is 39.3 Å². The van der Waals surface area contributed by atoms with Crippen LogP contribution in [-0.4, -0.2) is 30.6 Å². The molecule has 0 aliphatic heterocycles. The fourth-order valence-corrected chi connectivity index (χ4v) is 1.79. The van der Waals surface area contributed by atoms with Gasteiger partial charge in [0.05, 0.1) is 6.54 Å². The molecule has 0 heterocycles. The lowest BCUT2D eigenvalue weighted by Gasteiger charge is -2.26. The van der Waals surface area contributed by atoms with Crippen molar-refractivity contribution < 1.29 is 14.3 Å². The second-order valence-corrected chi connectivity index (χ2v) is 5.56. The van der Waals surface area contributed by atoms with Gasteiger partial charge in [-0.15, -0.1) is 0 Å². The molecule has 110 valence electrons. The molecule has 1 rings (SSSR count). The normalized spacial score (nSPS) is 11.1. The number of benzene rings is 1. The zero-order chi connectivity index (χ0) is 15.3. The zero-order valence-electron chi connectivity index (χ0n) is 12.5. The van der Waals surface area contributed by atoms with E-state index in [0.29, 0.717) is 5.69 Å². The first kappa shape index (κ1) is 16.2. The van der Waals surface area contributed by atoms with Crippen LogP contribution in [0.3, 0.4) is 0 Å². The molecule has 5 nitrogen and oxygen atoms in total. The largest absolute Gasteiger partial charge is 0.459 e. The average Bonchev–Trinajstić information content (AvgIpc) is 2.34. The second kappa shape index (κ2) is 6.52. The summed E-state index contributed by atoms with van der Waals surface area (Å²) in [5, 5.41) is 0. The Balaban J connectivity index is 2.95. The van der Waals surface area contributed by atoms with Crippen molar-refractivity contribution in [1.82, 2.24) is 0 Å². The van der Waals surface area contributed by atoms with Crippen LogP contribution in [0.25, 0.3) is 0 Å². The van der Waals surface area contributed by atoms with Gasteiger partial charge in [-0.1, -0.05) is 18.2 Å². The number of aryl methyl sites for hydroxylation is 1. The van der Waals surface area contributed by atoms with Crippen LogP contribution in [0.15, 0.2) is 24.3 Å². The molecule has 0 spiro atoms. The van der Waals surface area contributed by atoms with E-state index in [1.54, 1.807) is 26.8 Å². The third-order valence-corrected chi connectivity index (χ3v) is 2.59. The van der Waals surface area contributed by atoms with E-state index in [1.807, 2.05) is 25.1 Å². The molecular formula is C15H22N2O3. The van der Waals surface area contributed by atoms with Crippen LogP contribution in [0.5, 0.6) is 0 Å². The molecule has 0 aliphatic carbocycles. The Morgan fingerprint density at radius 2 is 1.85 bits per heavy atom. The Bertz CT molecular complexity index is 492. The lowest BCUT2D eigenvalue weighted by Crippen LogP contribution is -2.42. The summed E-state index contributed by atoms with van der Waals surface area (Å²) in [6.45, 7) is 6.94. The van der Waals surface area contributed by atoms with E-state index in [9.17, 15) is 9.59 Å². The smallest absolute Gasteiger partial charge is 0.326 e. The first-order valence-electron chi connectivity index (χ1n) is 6.52. The van der Waals surface area contributed by atoms with Gasteiger partial charge in [0, 0.05) is 5.69 Å². The van der Waals surface area contributed by atoms with Crippen LogP contribution in [0.2, 0.25) is 0 Å². The van der Waals surface area contributed by atoms with Crippen molar-refractivity contribution in [2.24, 2.45) is 5.73 Å². The van der Waals surface area contributed by atoms with Crippen LogP contribution in [0.1, 0.15) is 26.3 Å². The Morgan fingerprint density at radius 1 is 1.25 bits per heavy atom. The lowest BCUT2D eigenvalue weighted by atomic mass is 10.1. The minimum Gasteiger partial charge on any atom is -0.459 e. The van der Waals surface area contributed by atoms with Gasteiger partial charge < -0.3 is 10.5 Å². The minimum absolute atomic E-state index is 0.141. The molecule has 1 amide bonds. The molecule has 0 bridgehead atoms. The van der Waals surface area contributed by atoms with Crippen LogP contribution >= 0.6 is 0 Å². The third kappa shape index (κ3) is 4.66. The molecule has 0 aliphatic rings. The van der Waals surface area contributed by atoms with E-state index in [1.165, 1.54) is 4.90 Å². The van der Waals surface area contributed by atoms with Gasteiger partial charge in [-0.2, -0.15) is 0 Å². The molecule has 0 radical (unpaired) electrons. The Morgan fingerprint density at radius 3 is 2.35 bits per heavy atom. The summed E-state index contributed by atoms with van der Waals surface area (Å²) in [6, 6.07) is 7.35. The van der Waals surface area contributed by atoms with Gasteiger partial charge in [-0.25, -0.2) is 0 Å². The number of ether oxygens (including phenoxy) is 1. The Kier molecular flexibility index (Phi) is 5.27. The van der Waals surface area contributed by atoms with E-state index in [2.05, 4.69) is 0 Å². The maximum absolute atomic E-state index is 12.0. The Labute approximate surface area is 119 Å². The predicted molar refractivity (Wildman–Crippen MR) is 78.4 cm³/mol. The number of anilines is 1. The summed E-state index contributed by atoms with van der Waals surface area (Å²) in [7, 11) is 0. The molecule has 0 saturated heterocycles. The fraction of sp³-hybridized carbons (Fsp3) is 0.467. The molecule has 0 fully saturated rings. The SMILES string of the molecule is Cc1ccccc1N(CC(=O)OC(C)(C)C)C(=O)CN. The molecule has 2 N–H and O–H groups in total. The van der Waals surface area contributed by atoms with Crippen molar-refractivity contribution in [1.29, 1.82) is 0 Å².